The van der Waals surface area contributed by atoms with Gasteiger partial charge in [0.1, 0.15) is 0 Å². The molecule has 2 aliphatic rings. The Kier molecular flexibility index (Phi) is 12.1. The summed E-state index contributed by atoms with van der Waals surface area (Å²) < 4.78 is 0. The molecule has 0 bridgehead atoms. The van der Waals surface area contributed by atoms with Crippen molar-refractivity contribution >= 4 is 0 Å². The first kappa shape index (κ1) is 25.1. The zero-order valence-corrected chi connectivity index (χ0v) is 20.1. The SMILES string of the molecule is CN(C)CC1CCCC(CN(CCCCCCO)C[C@H]2CCCC2CN(C)C)C1. The van der Waals surface area contributed by atoms with Crippen molar-refractivity contribution in [3.63, 3.8) is 0 Å². The van der Waals surface area contributed by atoms with E-state index in [0.29, 0.717) is 6.61 Å². The van der Waals surface area contributed by atoms with E-state index in [0.717, 1.165) is 30.1 Å². The first-order valence-electron chi connectivity index (χ1n) is 12.6. The first-order valence-corrected chi connectivity index (χ1v) is 12.6. The van der Waals surface area contributed by atoms with Crippen LogP contribution in [0.15, 0.2) is 0 Å². The van der Waals surface area contributed by atoms with Crippen molar-refractivity contribution in [3.05, 3.63) is 0 Å². The van der Waals surface area contributed by atoms with Crippen molar-refractivity contribution in [1.29, 1.82) is 0 Å². The average Bonchev–Trinajstić information content (AvgIpc) is 3.07. The standard InChI is InChI=1S/C25H51N3O/c1-26(2)18-22-11-9-12-23(17-22)19-28(15-7-5-6-8-16-29)21-25-14-10-13-24(25)20-27(3)4/h22-25,29H,5-21H2,1-4H3/t22?,23?,24?,25-/m1/s1. The van der Waals surface area contributed by atoms with Gasteiger partial charge in [-0.2, -0.15) is 0 Å². The molecule has 29 heavy (non-hydrogen) atoms. The van der Waals surface area contributed by atoms with Crippen LogP contribution in [-0.2, 0) is 0 Å². The summed E-state index contributed by atoms with van der Waals surface area (Å²) in [6, 6.07) is 0. The number of unbranched alkanes of at least 4 members (excludes halogenated alkanes) is 3. The minimum atomic E-state index is 0.355. The molecule has 172 valence electrons. The van der Waals surface area contributed by atoms with E-state index < -0.39 is 0 Å². The topological polar surface area (TPSA) is 30.0 Å². The van der Waals surface area contributed by atoms with Gasteiger partial charge in [0.25, 0.3) is 0 Å². The Morgan fingerprint density at radius 3 is 1.90 bits per heavy atom. The fraction of sp³-hybridized carbons (Fsp3) is 1.00. The summed E-state index contributed by atoms with van der Waals surface area (Å²) in [5.74, 6) is 3.61. The van der Waals surface area contributed by atoms with E-state index in [-0.39, 0.29) is 0 Å². The van der Waals surface area contributed by atoms with E-state index in [9.17, 15) is 0 Å². The van der Waals surface area contributed by atoms with Crippen LogP contribution in [0.3, 0.4) is 0 Å². The Hall–Kier alpha value is -0.160. The summed E-state index contributed by atoms with van der Waals surface area (Å²) in [6.45, 7) is 6.82. The third-order valence-corrected chi connectivity index (χ3v) is 7.32. The highest BCUT2D eigenvalue weighted by atomic mass is 16.2. The summed E-state index contributed by atoms with van der Waals surface area (Å²) in [5, 5.41) is 9.05. The second-order valence-electron chi connectivity index (χ2n) is 10.8. The molecule has 0 amide bonds. The summed E-state index contributed by atoms with van der Waals surface area (Å²) in [4.78, 5) is 7.64. The van der Waals surface area contributed by atoms with Crippen molar-refractivity contribution in [2.75, 3.05) is 67.5 Å². The van der Waals surface area contributed by atoms with Crippen LogP contribution in [0.1, 0.15) is 70.6 Å². The molecule has 3 unspecified atom stereocenters. The molecule has 0 spiro atoms. The van der Waals surface area contributed by atoms with Gasteiger partial charge in [-0.15, -0.1) is 0 Å². The van der Waals surface area contributed by atoms with Crippen LogP contribution in [0.25, 0.3) is 0 Å². The highest BCUT2D eigenvalue weighted by molar-refractivity contribution is 4.83. The molecule has 0 aromatic rings. The lowest BCUT2D eigenvalue weighted by molar-refractivity contribution is 0.129. The molecule has 2 fully saturated rings. The summed E-state index contributed by atoms with van der Waals surface area (Å²) >= 11 is 0. The van der Waals surface area contributed by atoms with Gasteiger partial charge in [-0.25, -0.2) is 0 Å². The normalized spacial score (nSPS) is 28.1. The third kappa shape index (κ3) is 10.1. The van der Waals surface area contributed by atoms with Crippen molar-refractivity contribution in [3.8, 4) is 0 Å². The molecule has 4 atom stereocenters. The average molecular weight is 410 g/mol. The van der Waals surface area contributed by atoms with E-state index in [2.05, 4.69) is 42.9 Å². The fourth-order valence-electron chi connectivity index (χ4n) is 6.07. The van der Waals surface area contributed by atoms with Crippen LogP contribution in [0.5, 0.6) is 0 Å². The van der Waals surface area contributed by atoms with Crippen molar-refractivity contribution < 1.29 is 5.11 Å². The van der Waals surface area contributed by atoms with Crippen LogP contribution in [0.2, 0.25) is 0 Å². The number of hydrogen-bond donors (Lipinski definition) is 1. The van der Waals surface area contributed by atoms with Gasteiger partial charge in [-0.1, -0.05) is 25.7 Å². The maximum atomic E-state index is 9.05. The minimum Gasteiger partial charge on any atom is -0.396 e. The molecule has 4 nitrogen and oxygen atoms in total. The quantitative estimate of drug-likeness (QED) is 0.436. The molecule has 0 saturated heterocycles. The highest BCUT2D eigenvalue weighted by Crippen LogP contribution is 2.34. The van der Waals surface area contributed by atoms with E-state index in [1.807, 2.05) is 0 Å². The predicted octanol–water partition coefficient (Wildman–Crippen LogP) is 4.19. The summed E-state index contributed by atoms with van der Waals surface area (Å²) in [7, 11) is 8.93. The lowest BCUT2D eigenvalue weighted by Crippen LogP contribution is -2.39. The second kappa shape index (κ2) is 14.0. The number of hydrogen-bond acceptors (Lipinski definition) is 4. The lowest BCUT2D eigenvalue weighted by Gasteiger charge is -2.36. The summed E-state index contributed by atoms with van der Waals surface area (Å²) in [5.41, 5.74) is 0. The van der Waals surface area contributed by atoms with Crippen LogP contribution < -0.4 is 0 Å². The largest absolute Gasteiger partial charge is 0.396 e. The van der Waals surface area contributed by atoms with Gasteiger partial charge in [0.05, 0.1) is 0 Å². The van der Waals surface area contributed by atoms with Gasteiger partial charge in [0, 0.05) is 32.8 Å². The predicted molar refractivity (Wildman–Crippen MR) is 125 cm³/mol. The Morgan fingerprint density at radius 2 is 1.24 bits per heavy atom. The van der Waals surface area contributed by atoms with Gasteiger partial charge in [-0.3, -0.25) is 0 Å². The molecular formula is C25H51N3O. The molecule has 0 aromatic carbocycles. The highest BCUT2D eigenvalue weighted by Gasteiger charge is 2.30. The van der Waals surface area contributed by atoms with Gasteiger partial charge >= 0.3 is 0 Å². The van der Waals surface area contributed by atoms with Crippen molar-refractivity contribution in [1.82, 2.24) is 14.7 Å². The maximum Gasteiger partial charge on any atom is 0.0431 e. The molecule has 4 heteroatoms. The van der Waals surface area contributed by atoms with E-state index in [4.69, 9.17) is 5.11 Å². The van der Waals surface area contributed by atoms with Crippen molar-refractivity contribution in [2.24, 2.45) is 23.7 Å². The van der Waals surface area contributed by atoms with Crippen molar-refractivity contribution in [2.45, 2.75) is 70.6 Å². The Labute approximate surface area is 182 Å². The Morgan fingerprint density at radius 1 is 0.655 bits per heavy atom. The number of rotatable bonds is 14. The molecule has 2 rings (SSSR count). The Bertz CT molecular complexity index is 415. The zero-order chi connectivity index (χ0) is 21.1. The molecular weight excluding hydrogens is 358 g/mol. The molecule has 0 heterocycles. The van der Waals surface area contributed by atoms with Gasteiger partial charge < -0.3 is 19.8 Å². The van der Waals surface area contributed by atoms with E-state index >= 15 is 0 Å². The maximum absolute atomic E-state index is 9.05. The lowest BCUT2D eigenvalue weighted by atomic mass is 9.80. The molecule has 2 saturated carbocycles. The molecule has 1 N–H and O–H groups in total. The van der Waals surface area contributed by atoms with E-state index in [1.54, 1.807) is 0 Å². The number of nitrogens with zero attached hydrogens (tertiary/aromatic N) is 3. The monoisotopic (exact) mass is 409 g/mol. The zero-order valence-electron chi connectivity index (χ0n) is 20.1. The minimum absolute atomic E-state index is 0.355. The molecule has 0 aromatic heterocycles. The molecule has 0 radical (unpaired) electrons. The number of aliphatic hydroxyl groups excluding tert-OH is 1. The number of aliphatic hydroxyl groups is 1. The van der Waals surface area contributed by atoms with E-state index in [1.165, 1.54) is 96.9 Å². The summed E-state index contributed by atoms with van der Waals surface area (Å²) in [6.07, 6.45) is 14.8. The van der Waals surface area contributed by atoms with Gasteiger partial charge in [-0.05, 0) is 103 Å². The van der Waals surface area contributed by atoms with Crippen LogP contribution >= 0.6 is 0 Å². The first-order chi connectivity index (χ1) is 14.0. The fourth-order valence-corrected chi connectivity index (χ4v) is 6.07. The third-order valence-electron chi connectivity index (χ3n) is 7.32. The second-order valence-corrected chi connectivity index (χ2v) is 10.8. The van der Waals surface area contributed by atoms with Crippen LogP contribution in [-0.4, -0.2) is 87.3 Å². The smallest absolute Gasteiger partial charge is 0.0431 e. The van der Waals surface area contributed by atoms with Gasteiger partial charge in [0.15, 0.2) is 0 Å². The molecule has 2 aliphatic carbocycles. The van der Waals surface area contributed by atoms with Crippen LogP contribution in [0.4, 0.5) is 0 Å². The Balaban J connectivity index is 1.87. The molecule has 0 aliphatic heterocycles. The van der Waals surface area contributed by atoms with Crippen LogP contribution in [0, 0.1) is 23.7 Å². The van der Waals surface area contributed by atoms with Gasteiger partial charge in [0.2, 0.25) is 0 Å².